The first-order valence-corrected chi connectivity index (χ1v) is 6.40. The molecule has 1 aliphatic rings. The van der Waals surface area contributed by atoms with E-state index >= 15 is 0 Å². The Morgan fingerprint density at radius 1 is 1.50 bits per heavy atom. The Labute approximate surface area is 102 Å². The molecule has 2 unspecified atom stereocenters. The van der Waals surface area contributed by atoms with E-state index in [1.165, 1.54) is 24.8 Å². The first kappa shape index (κ1) is 11.9. The van der Waals surface area contributed by atoms with Gasteiger partial charge in [0.05, 0.1) is 0 Å². The number of aromatic nitrogens is 1. The van der Waals surface area contributed by atoms with Gasteiger partial charge >= 0.3 is 0 Å². The Morgan fingerprint density at radius 3 is 2.88 bits per heavy atom. The molecule has 88 valence electrons. The molecule has 0 spiro atoms. The predicted octanol–water partition coefficient (Wildman–Crippen LogP) is 3.57. The van der Waals surface area contributed by atoms with Gasteiger partial charge in [-0.15, -0.1) is 0 Å². The molecule has 1 saturated carbocycles. The van der Waals surface area contributed by atoms with Gasteiger partial charge in [-0.3, -0.25) is 0 Å². The molecule has 2 nitrogen and oxygen atoms in total. The molecular formula is C13H19ClN2. The maximum atomic E-state index is 5.88. The molecule has 0 aromatic carbocycles. The maximum absolute atomic E-state index is 5.88. The number of nitrogens with zero attached hydrogens (tertiary/aromatic N) is 1. The normalized spacial score (nSPS) is 19.4. The quantitative estimate of drug-likeness (QED) is 0.794. The molecular weight excluding hydrogens is 220 g/mol. The summed E-state index contributed by atoms with van der Waals surface area (Å²) in [4.78, 5) is 4.00. The maximum Gasteiger partial charge on any atom is 0.129 e. The Morgan fingerprint density at radius 2 is 2.25 bits per heavy atom. The number of hydrogen-bond donors (Lipinski definition) is 1. The summed E-state index contributed by atoms with van der Waals surface area (Å²) in [6, 6.07) is 4.87. The Balaban J connectivity index is 1.88. The van der Waals surface area contributed by atoms with Gasteiger partial charge in [-0.05, 0) is 43.9 Å². The monoisotopic (exact) mass is 238 g/mol. The van der Waals surface area contributed by atoms with Crippen LogP contribution in [0.1, 0.15) is 44.7 Å². The number of halogens is 1. The van der Waals surface area contributed by atoms with Crippen molar-refractivity contribution in [3.8, 4) is 0 Å². The van der Waals surface area contributed by atoms with E-state index in [1.807, 2.05) is 12.1 Å². The van der Waals surface area contributed by atoms with E-state index in [1.54, 1.807) is 6.20 Å². The summed E-state index contributed by atoms with van der Waals surface area (Å²) >= 11 is 5.88. The fourth-order valence-electron chi connectivity index (χ4n) is 2.13. The van der Waals surface area contributed by atoms with Crippen molar-refractivity contribution in [3.05, 3.63) is 29.0 Å². The first-order chi connectivity index (χ1) is 7.65. The molecule has 1 N–H and O–H groups in total. The van der Waals surface area contributed by atoms with Crippen LogP contribution in [0.5, 0.6) is 0 Å². The zero-order valence-corrected chi connectivity index (χ0v) is 10.7. The highest BCUT2D eigenvalue weighted by molar-refractivity contribution is 6.29. The molecule has 2 rings (SSSR count). The van der Waals surface area contributed by atoms with Gasteiger partial charge < -0.3 is 5.32 Å². The summed E-state index contributed by atoms with van der Waals surface area (Å²) in [6.07, 6.45) is 5.90. The van der Waals surface area contributed by atoms with Crippen molar-refractivity contribution in [3.63, 3.8) is 0 Å². The summed E-state index contributed by atoms with van der Waals surface area (Å²) < 4.78 is 0. The molecule has 1 aliphatic carbocycles. The zero-order valence-electron chi connectivity index (χ0n) is 9.91. The van der Waals surface area contributed by atoms with Crippen LogP contribution < -0.4 is 5.32 Å². The first-order valence-electron chi connectivity index (χ1n) is 6.02. The molecule has 0 amide bonds. The molecule has 3 heteroatoms. The van der Waals surface area contributed by atoms with Crippen LogP contribution in [0, 0.1) is 5.92 Å². The van der Waals surface area contributed by atoms with Gasteiger partial charge in [0.15, 0.2) is 0 Å². The molecule has 16 heavy (non-hydrogen) atoms. The minimum absolute atomic E-state index is 0.342. The fraction of sp³-hybridized carbons (Fsp3) is 0.615. The van der Waals surface area contributed by atoms with Crippen LogP contribution in [0.15, 0.2) is 18.3 Å². The molecule has 2 atom stereocenters. The molecule has 1 aromatic rings. The lowest BCUT2D eigenvalue weighted by atomic mass is 10.1. The summed E-state index contributed by atoms with van der Waals surface area (Å²) in [5.41, 5.74) is 1.21. The molecule has 0 aliphatic heterocycles. The van der Waals surface area contributed by atoms with Gasteiger partial charge in [0.1, 0.15) is 5.15 Å². The lowest BCUT2D eigenvalue weighted by Crippen LogP contribution is -2.29. The molecule has 0 saturated heterocycles. The van der Waals surface area contributed by atoms with Gasteiger partial charge in [0.25, 0.3) is 0 Å². The SMILES string of the molecule is CC(CC1CC1)NC(C)c1ccnc(Cl)c1. The van der Waals surface area contributed by atoms with Crippen molar-refractivity contribution >= 4 is 11.6 Å². The van der Waals surface area contributed by atoms with Crippen molar-refractivity contribution in [2.75, 3.05) is 0 Å². The van der Waals surface area contributed by atoms with E-state index < -0.39 is 0 Å². The van der Waals surface area contributed by atoms with Gasteiger partial charge in [-0.1, -0.05) is 24.4 Å². The Bertz CT molecular complexity index is 350. The van der Waals surface area contributed by atoms with Crippen LogP contribution in [0.25, 0.3) is 0 Å². The van der Waals surface area contributed by atoms with Crippen molar-refractivity contribution in [2.24, 2.45) is 5.92 Å². The summed E-state index contributed by atoms with van der Waals surface area (Å²) in [6.45, 7) is 4.44. The fourth-order valence-corrected chi connectivity index (χ4v) is 2.31. The van der Waals surface area contributed by atoms with Crippen molar-refractivity contribution in [1.29, 1.82) is 0 Å². The highest BCUT2D eigenvalue weighted by Crippen LogP contribution is 2.33. The number of pyridine rings is 1. The summed E-state index contributed by atoms with van der Waals surface area (Å²) in [5, 5.41) is 4.18. The van der Waals surface area contributed by atoms with Crippen molar-refractivity contribution in [1.82, 2.24) is 10.3 Å². The summed E-state index contributed by atoms with van der Waals surface area (Å²) in [7, 11) is 0. The van der Waals surface area contributed by atoms with E-state index in [0.717, 1.165) is 5.92 Å². The standard InChI is InChI=1S/C13H19ClN2/c1-9(7-11-3-4-11)16-10(2)12-5-6-15-13(14)8-12/h5-6,8-11,16H,3-4,7H2,1-2H3. The van der Waals surface area contributed by atoms with Crippen molar-refractivity contribution < 1.29 is 0 Å². The van der Waals surface area contributed by atoms with Crippen LogP contribution in [0.4, 0.5) is 0 Å². The highest BCUT2D eigenvalue weighted by Gasteiger charge is 2.24. The second kappa shape index (κ2) is 5.15. The highest BCUT2D eigenvalue weighted by atomic mass is 35.5. The molecule has 1 fully saturated rings. The third-order valence-corrected chi connectivity index (χ3v) is 3.38. The van der Waals surface area contributed by atoms with Gasteiger partial charge in [-0.25, -0.2) is 4.98 Å². The van der Waals surface area contributed by atoms with Crippen LogP contribution in [0.3, 0.4) is 0 Å². The van der Waals surface area contributed by atoms with Crippen LogP contribution in [-0.2, 0) is 0 Å². The van der Waals surface area contributed by atoms with E-state index in [0.29, 0.717) is 17.2 Å². The smallest absolute Gasteiger partial charge is 0.129 e. The van der Waals surface area contributed by atoms with Crippen LogP contribution in [-0.4, -0.2) is 11.0 Å². The lowest BCUT2D eigenvalue weighted by Gasteiger charge is -2.20. The molecule has 1 heterocycles. The third-order valence-electron chi connectivity index (χ3n) is 3.17. The second-order valence-electron chi connectivity index (χ2n) is 4.88. The molecule has 0 bridgehead atoms. The minimum atomic E-state index is 0.342. The predicted molar refractivity (Wildman–Crippen MR) is 67.6 cm³/mol. The second-order valence-corrected chi connectivity index (χ2v) is 5.27. The van der Waals surface area contributed by atoms with Gasteiger partial charge in [0, 0.05) is 18.3 Å². The largest absolute Gasteiger partial charge is 0.308 e. The average molecular weight is 239 g/mol. The minimum Gasteiger partial charge on any atom is -0.308 e. The van der Waals surface area contributed by atoms with Crippen LogP contribution >= 0.6 is 11.6 Å². The van der Waals surface area contributed by atoms with Gasteiger partial charge in [-0.2, -0.15) is 0 Å². The number of rotatable bonds is 5. The van der Waals surface area contributed by atoms with E-state index in [2.05, 4.69) is 24.1 Å². The summed E-state index contributed by atoms with van der Waals surface area (Å²) in [5.74, 6) is 0.968. The van der Waals surface area contributed by atoms with Crippen molar-refractivity contribution in [2.45, 2.75) is 45.2 Å². The van der Waals surface area contributed by atoms with E-state index in [-0.39, 0.29) is 0 Å². The number of hydrogen-bond acceptors (Lipinski definition) is 2. The molecule has 0 radical (unpaired) electrons. The van der Waals surface area contributed by atoms with E-state index in [4.69, 9.17) is 11.6 Å². The average Bonchev–Trinajstić information content (AvgIpc) is 3.01. The third kappa shape index (κ3) is 3.46. The Hall–Kier alpha value is -0.600. The van der Waals surface area contributed by atoms with E-state index in [9.17, 15) is 0 Å². The lowest BCUT2D eigenvalue weighted by molar-refractivity contribution is 0.438. The molecule has 1 aromatic heterocycles. The van der Waals surface area contributed by atoms with Gasteiger partial charge in [0.2, 0.25) is 0 Å². The topological polar surface area (TPSA) is 24.9 Å². The zero-order chi connectivity index (χ0) is 11.5. The Kier molecular flexibility index (Phi) is 3.82. The number of nitrogens with one attached hydrogen (secondary N) is 1. The van der Waals surface area contributed by atoms with Crippen LogP contribution in [0.2, 0.25) is 5.15 Å².